The predicted octanol–water partition coefficient (Wildman–Crippen LogP) is 4.32. The van der Waals surface area contributed by atoms with Crippen LogP contribution < -0.4 is 16.4 Å². The topological polar surface area (TPSA) is 140 Å². The van der Waals surface area contributed by atoms with E-state index in [1.165, 1.54) is 12.4 Å². The summed E-state index contributed by atoms with van der Waals surface area (Å²) in [4.78, 5) is 27.3. The fraction of sp³-hybridized carbons (Fsp3) is 0.345. The van der Waals surface area contributed by atoms with Crippen molar-refractivity contribution >= 4 is 45.6 Å². The molecule has 12 heteroatoms. The molecule has 210 valence electrons. The van der Waals surface area contributed by atoms with Crippen molar-refractivity contribution in [2.45, 2.75) is 44.7 Å². The van der Waals surface area contributed by atoms with E-state index in [0.29, 0.717) is 58.3 Å². The molecule has 1 amide bonds. The second kappa shape index (κ2) is 10.1. The highest BCUT2D eigenvalue weighted by Gasteiger charge is 2.31. The van der Waals surface area contributed by atoms with Crippen LogP contribution in [0.15, 0.2) is 47.1 Å². The molecule has 11 nitrogen and oxygen atoms in total. The Morgan fingerprint density at radius 3 is 2.73 bits per heavy atom. The third-order valence-corrected chi connectivity index (χ3v) is 8.14. The number of nitrogen functional groups attached to an aromatic ring is 1. The predicted molar refractivity (Wildman–Crippen MR) is 153 cm³/mol. The number of nitrogens with one attached hydrogen (secondary N) is 2. The van der Waals surface area contributed by atoms with Crippen molar-refractivity contribution in [2.24, 2.45) is 0 Å². The molecule has 0 spiro atoms. The monoisotopic (exact) mass is 555 g/mol. The normalized spacial score (nSPS) is 20.0. The number of nitrogens with zero attached hydrogens (tertiary/aromatic N) is 6. The number of hydrogen-bond acceptors (Lipinski definition) is 9. The van der Waals surface area contributed by atoms with Gasteiger partial charge in [0.05, 0.1) is 23.7 Å². The smallest absolute Gasteiger partial charge is 0.300 e. The summed E-state index contributed by atoms with van der Waals surface area (Å²) in [7, 11) is 0. The van der Waals surface area contributed by atoms with Gasteiger partial charge in [-0.1, -0.05) is 12.1 Å². The highest BCUT2D eigenvalue weighted by molar-refractivity contribution is 5.98. The van der Waals surface area contributed by atoms with E-state index in [0.717, 1.165) is 37.8 Å². The quantitative estimate of drug-likeness (QED) is 0.289. The number of aromatic nitrogens is 5. The van der Waals surface area contributed by atoms with Crippen LogP contribution in [0.1, 0.15) is 37.3 Å². The van der Waals surface area contributed by atoms with Crippen molar-refractivity contribution in [1.29, 1.82) is 0 Å². The summed E-state index contributed by atoms with van der Waals surface area (Å²) in [6, 6.07) is 11.2. The molecule has 1 saturated heterocycles. The number of benzene rings is 2. The van der Waals surface area contributed by atoms with E-state index in [-0.39, 0.29) is 23.7 Å². The molecule has 4 heterocycles. The van der Waals surface area contributed by atoms with Gasteiger partial charge in [0.15, 0.2) is 11.2 Å². The third-order valence-electron chi connectivity index (χ3n) is 8.14. The van der Waals surface area contributed by atoms with Crippen LogP contribution in [0, 0.1) is 12.7 Å². The molecule has 1 aliphatic heterocycles. The Bertz CT molecular complexity index is 1770. The van der Waals surface area contributed by atoms with Crippen LogP contribution in [0.5, 0.6) is 0 Å². The number of piperazine rings is 1. The first kappa shape index (κ1) is 25.4. The fourth-order valence-electron chi connectivity index (χ4n) is 6.06. The van der Waals surface area contributed by atoms with Gasteiger partial charge in [0.25, 0.3) is 6.01 Å². The molecule has 0 radical (unpaired) electrons. The lowest BCUT2D eigenvalue weighted by molar-refractivity contribution is -0.125. The number of anilines is 3. The zero-order chi connectivity index (χ0) is 28.1. The third kappa shape index (κ3) is 4.73. The molecule has 2 aromatic carbocycles. The molecule has 1 aliphatic carbocycles. The standard InChI is InChI=1S/C29H30FN9O2/c1-16-2-9-23-22(12-16)36-29(41-23)35-21-8-3-17(13-20(21)30)26-25-27(31)33-15-34-28(25)39(37-26)19-6-4-18(5-7-19)38-11-10-32-24(40)14-38/h2-3,8-9,12-13,15,18-19H,4-7,10-11,14H2,1H3,(H,32,40)(H,35,36)(H2,31,33,34). The number of oxazole rings is 1. The largest absolute Gasteiger partial charge is 0.423 e. The highest BCUT2D eigenvalue weighted by Crippen LogP contribution is 2.38. The van der Waals surface area contributed by atoms with Crippen LogP contribution >= 0.6 is 0 Å². The Labute approximate surface area is 234 Å². The van der Waals surface area contributed by atoms with Crippen molar-refractivity contribution in [3.05, 3.63) is 54.1 Å². The Balaban J connectivity index is 1.15. The number of carbonyl (C=O) groups excluding carboxylic acids is 1. The molecule has 41 heavy (non-hydrogen) atoms. The van der Waals surface area contributed by atoms with Crippen LogP contribution in [-0.4, -0.2) is 61.2 Å². The van der Waals surface area contributed by atoms with Crippen LogP contribution in [0.2, 0.25) is 0 Å². The van der Waals surface area contributed by atoms with Gasteiger partial charge in [-0.25, -0.2) is 19.0 Å². The van der Waals surface area contributed by atoms with Gasteiger partial charge >= 0.3 is 0 Å². The number of halogens is 1. The SMILES string of the molecule is Cc1ccc2oc(Nc3ccc(-c4nn(C5CCC(N6CCNC(=O)C6)CC5)c5ncnc(N)c45)cc3F)nc2c1. The highest BCUT2D eigenvalue weighted by atomic mass is 19.1. The number of amides is 1. The van der Waals surface area contributed by atoms with Gasteiger partial charge < -0.3 is 20.8 Å². The first-order chi connectivity index (χ1) is 19.9. The number of fused-ring (bicyclic) bond motifs is 2. The van der Waals surface area contributed by atoms with Gasteiger partial charge in [-0.3, -0.25) is 9.69 Å². The molecule has 1 saturated carbocycles. The Morgan fingerprint density at radius 1 is 1.10 bits per heavy atom. The van der Waals surface area contributed by atoms with E-state index >= 15 is 4.39 Å². The van der Waals surface area contributed by atoms with Gasteiger partial charge in [0.1, 0.15) is 29.2 Å². The zero-order valence-electron chi connectivity index (χ0n) is 22.6. The van der Waals surface area contributed by atoms with Crippen molar-refractivity contribution < 1.29 is 13.6 Å². The van der Waals surface area contributed by atoms with Gasteiger partial charge in [-0.15, -0.1) is 0 Å². The summed E-state index contributed by atoms with van der Waals surface area (Å²) in [5.41, 5.74) is 10.7. The van der Waals surface area contributed by atoms with E-state index in [4.69, 9.17) is 15.2 Å². The maximum atomic E-state index is 15.4. The molecule has 7 rings (SSSR count). The van der Waals surface area contributed by atoms with E-state index in [2.05, 4.69) is 30.5 Å². The van der Waals surface area contributed by atoms with Gasteiger partial charge in [-0.2, -0.15) is 10.1 Å². The lowest BCUT2D eigenvalue weighted by Crippen LogP contribution is -2.52. The first-order valence-corrected chi connectivity index (χ1v) is 13.9. The molecule has 5 aromatic rings. The van der Waals surface area contributed by atoms with E-state index < -0.39 is 5.82 Å². The maximum Gasteiger partial charge on any atom is 0.300 e. The number of nitrogens with two attached hydrogens (primary N) is 1. The van der Waals surface area contributed by atoms with Crippen LogP contribution in [0.25, 0.3) is 33.4 Å². The Morgan fingerprint density at radius 2 is 1.93 bits per heavy atom. The van der Waals surface area contributed by atoms with Crippen LogP contribution in [0.3, 0.4) is 0 Å². The van der Waals surface area contributed by atoms with Gasteiger partial charge in [0, 0.05) is 24.7 Å². The van der Waals surface area contributed by atoms with Gasteiger partial charge in [0.2, 0.25) is 5.91 Å². The molecule has 4 N–H and O–H groups in total. The maximum absolute atomic E-state index is 15.4. The first-order valence-electron chi connectivity index (χ1n) is 13.9. The lowest BCUT2D eigenvalue weighted by Gasteiger charge is -2.38. The average Bonchev–Trinajstić information content (AvgIpc) is 3.56. The zero-order valence-corrected chi connectivity index (χ0v) is 22.6. The molecule has 0 unspecified atom stereocenters. The van der Waals surface area contributed by atoms with Crippen LogP contribution in [0.4, 0.5) is 21.9 Å². The summed E-state index contributed by atoms with van der Waals surface area (Å²) in [5.74, 6) is -0.0931. The summed E-state index contributed by atoms with van der Waals surface area (Å²) in [5, 5.41) is 11.4. The average molecular weight is 556 g/mol. The second-order valence-electron chi connectivity index (χ2n) is 10.8. The van der Waals surface area contributed by atoms with E-state index in [9.17, 15) is 4.79 Å². The molecular formula is C29H30FN9O2. The van der Waals surface area contributed by atoms with E-state index in [1.807, 2.05) is 29.8 Å². The molecule has 0 bridgehead atoms. The summed E-state index contributed by atoms with van der Waals surface area (Å²) in [6.45, 7) is 4.00. The number of hydrogen-bond donors (Lipinski definition) is 3. The molecule has 0 atom stereocenters. The molecular weight excluding hydrogens is 525 g/mol. The summed E-state index contributed by atoms with van der Waals surface area (Å²) >= 11 is 0. The summed E-state index contributed by atoms with van der Waals surface area (Å²) < 4.78 is 23.0. The van der Waals surface area contributed by atoms with Crippen molar-refractivity contribution in [3.63, 3.8) is 0 Å². The van der Waals surface area contributed by atoms with Crippen molar-refractivity contribution in [2.75, 3.05) is 30.7 Å². The molecule has 3 aromatic heterocycles. The Kier molecular flexibility index (Phi) is 6.26. The Hall–Kier alpha value is -4.58. The van der Waals surface area contributed by atoms with Gasteiger partial charge in [-0.05, 0) is 62.4 Å². The molecule has 2 fully saturated rings. The number of rotatable bonds is 5. The summed E-state index contributed by atoms with van der Waals surface area (Å²) in [6.07, 6.45) is 5.14. The van der Waals surface area contributed by atoms with Crippen molar-refractivity contribution in [1.82, 2.24) is 34.9 Å². The van der Waals surface area contributed by atoms with E-state index in [1.54, 1.807) is 12.1 Å². The minimum atomic E-state index is -0.481. The molecule has 2 aliphatic rings. The fourth-order valence-corrected chi connectivity index (χ4v) is 6.06. The minimum absolute atomic E-state index is 0.0886. The van der Waals surface area contributed by atoms with Crippen LogP contribution in [-0.2, 0) is 4.79 Å². The lowest BCUT2D eigenvalue weighted by atomic mass is 9.90. The number of aryl methyl sites for hydroxylation is 1. The minimum Gasteiger partial charge on any atom is -0.423 e. The van der Waals surface area contributed by atoms with Crippen molar-refractivity contribution in [3.8, 4) is 11.3 Å². The number of carbonyl (C=O) groups is 1. The second-order valence-corrected chi connectivity index (χ2v) is 10.8.